The van der Waals surface area contributed by atoms with Gasteiger partial charge in [0.25, 0.3) is 0 Å². The van der Waals surface area contributed by atoms with Gasteiger partial charge in [-0.25, -0.2) is 0 Å². The molecule has 0 amide bonds. The van der Waals surface area contributed by atoms with Crippen LogP contribution in [-0.2, 0) is 0 Å². The predicted molar refractivity (Wildman–Crippen MR) is 62.9 cm³/mol. The topological polar surface area (TPSA) is 39.1 Å². The SMILES string of the molecule is CCN(CC1CCNCC1)CC(C#N)C(F)(F)F. The first-order chi connectivity index (χ1) is 8.47. The molecule has 0 aromatic rings. The van der Waals surface area contributed by atoms with Gasteiger partial charge in [-0.05, 0) is 38.4 Å². The van der Waals surface area contributed by atoms with Gasteiger partial charge >= 0.3 is 6.18 Å². The number of piperidine rings is 1. The van der Waals surface area contributed by atoms with Crippen LogP contribution in [0.3, 0.4) is 0 Å². The maximum atomic E-state index is 12.5. The van der Waals surface area contributed by atoms with Gasteiger partial charge in [0.15, 0.2) is 5.92 Å². The molecule has 1 fully saturated rings. The van der Waals surface area contributed by atoms with Crippen molar-refractivity contribution in [3.05, 3.63) is 0 Å². The Morgan fingerprint density at radius 3 is 2.44 bits per heavy atom. The highest BCUT2D eigenvalue weighted by atomic mass is 19.4. The monoisotopic (exact) mass is 263 g/mol. The van der Waals surface area contributed by atoms with Crippen LogP contribution in [0.25, 0.3) is 0 Å². The van der Waals surface area contributed by atoms with Crippen LogP contribution in [0.15, 0.2) is 0 Å². The Morgan fingerprint density at radius 1 is 1.39 bits per heavy atom. The lowest BCUT2D eigenvalue weighted by atomic mass is 9.97. The van der Waals surface area contributed by atoms with Crippen LogP contribution < -0.4 is 5.32 Å². The van der Waals surface area contributed by atoms with E-state index in [9.17, 15) is 13.2 Å². The normalized spacial score (nSPS) is 19.8. The Bertz CT molecular complexity index is 279. The van der Waals surface area contributed by atoms with Crippen molar-refractivity contribution in [3.63, 3.8) is 0 Å². The first-order valence-corrected chi connectivity index (χ1v) is 6.36. The molecule has 1 N–H and O–H groups in total. The van der Waals surface area contributed by atoms with Crippen molar-refractivity contribution in [1.82, 2.24) is 10.2 Å². The fourth-order valence-corrected chi connectivity index (χ4v) is 2.24. The number of nitrogens with one attached hydrogen (secondary N) is 1. The number of halogens is 3. The molecule has 0 saturated carbocycles. The minimum atomic E-state index is -4.42. The first-order valence-electron chi connectivity index (χ1n) is 6.36. The highest BCUT2D eigenvalue weighted by molar-refractivity contribution is 4.91. The molecule has 3 nitrogen and oxygen atoms in total. The summed E-state index contributed by atoms with van der Waals surface area (Å²) < 4.78 is 37.6. The number of hydrogen-bond acceptors (Lipinski definition) is 3. The van der Waals surface area contributed by atoms with Gasteiger partial charge in [0.05, 0.1) is 6.07 Å². The quantitative estimate of drug-likeness (QED) is 0.824. The Morgan fingerprint density at radius 2 is 2.00 bits per heavy atom. The van der Waals surface area contributed by atoms with Gasteiger partial charge in [0.1, 0.15) is 0 Å². The molecule has 1 saturated heterocycles. The summed E-state index contributed by atoms with van der Waals surface area (Å²) in [6.07, 6.45) is -2.42. The number of nitrogens with zero attached hydrogens (tertiary/aromatic N) is 2. The van der Waals surface area contributed by atoms with E-state index in [4.69, 9.17) is 5.26 Å². The van der Waals surface area contributed by atoms with E-state index in [0.29, 0.717) is 19.0 Å². The van der Waals surface area contributed by atoms with Crippen LogP contribution >= 0.6 is 0 Å². The lowest BCUT2D eigenvalue weighted by Gasteiger charge is -2.30. The summed E-state index contributed by atoms with van der Waals surface area (Å²) in [4.78, 5) is 1.75. The van der Waals surface area contributed by atoms with E-state index in [-0.39, 0.29) is 6.54 Å². The van der Waals surface area contributed by atoms with Gasteiger partial charge in [-0.3, -0.25) is 0 Å². The van der Waals surface area contributed by atoms with E-state index in [2.05, 4.69) is 5.32 Å². The Labute approximate surface area is 106 Å². The molecular weight excluding hydrogens is 243 g/mol. The van der Waals surface area contributed by atoms with Gasteiger partial charge in [0.2, 0.25) is 0 Å². The molecule has 0 aromatic carbocycles. The summed E-state index contributed by atoms with van der Waals surface area (Å²) in [7, 11) is 0. The van der Waals surface area contributed by atoms with Gasteiger partial charge in [-0.1, -0.05) is 6.92 Å². The highest BCUT2D eigenvalue weighted by Crippen LogP contribution is 2.27. The van der Waals surface area contributed by atoms with Crippen molar-refractivity contribution >= 4 is 0 Å². The van der Waals surface area contributed by atoms with Crippen molar-refractivity contribution in [2.75, 3.05) is 32.7 Å². The zero-order chi connectivity index (χ0) is 13.6. The molecule has 1 rings (SSSR count). The van der Waals surface area contributed by atoms with Crippen LogP contribution in [0, 0.1) is 23.2 Å². The number of hydrogen-bond donors (Lipinski definition) is 1. The molecule has 6 heteroatoms. The summed E-state index contributed by atoms with van der Waals surface area (Å²) in [6.45, 7) is 4.71. The molecule has 0 aliphatic carbocycles. The van der Waals surface area contributed by atoms with E-state index >= 15 is 0 Å². The van der Waals surface area contributed by atoms with Crippen molar-refractivity contribution < 1.29 is 13.2 Å². The van der Waals surface area contributed by atoms with E-state index in [1.165, 1.54) is 6.07 Å². The molecule has 104 valence electrons. The van der Waals surface area contributed by atoms with Gasteiger partial charge in [-0.2, -0.15) is 18.4 Å². The first kappa shape index (κ1) is 15.3. The molecule has 1 aliphatic heterocycles. The number of alkyl halides is 3. The maximum absolute atomic E-state index is 12.5. The van der Waals surface area contributed by atoms with Crippen molar-refractivity contribution in [2.45, 2.75) is 25.9 Å². The van der Waals surface area contributed by atoms with Crippen LogP contribution in [0.2, 0.25) is 0 Å². The second kappa shape index (κ2) is 6.95. The van der Waals surface area contributed by atoms with Crippen molar-refractivity contribution in [3.8, 4) is 6.07 Å². The number of rotatable bonds is 5. The third kappa shape index (κ3) is 4.83. The Hall–Kier alpha value is -0.800. The molecule has 0 aromatic heterocycles. The second-order valence-electron chi connectivity index (χ2n) is 4.77. The molecule has 0 spiro atoms. The van der Waals surface area contributed by atoms with Crippen LogP contribution in [0.1, 0.15) is 19.8 Å². The van der Waals surface area contributed by atoms with Crippen LogP contribution in [0.4, 0.5) is 13.2 Å². The molecule has 0 bridgehead atoms. The molecule has 18 heavy (non-hydrogen) atoms. The van der Waals surface area contributed by atoms with E-state index in [0.717, 1.165) is 25.9 Å². The lowest BCUT2D eigenvalue weighted by molar-refractivity contribution is -0.163. The van der Waals surface area contributed by atoms with Gasteiger partial charge < -0.3 is 10.2 Å². The number of nitriles is 1. The fraction of sp³-hybridized carbons (Fsp3) is 0.917. The second-order valence-corrected chi connectivity index (χ2v) is 4.77. The van der Waals surface area contributed by atoms with Crippen molar-refractivity contribution in [2.24, 2.45) is 11.8 Å². The maximum Gasteiger partial charge on any atom is 0.405 e. The lowest BCUT2D eigenvalue weighted by Crippen LogP contribution is -2.40. The van der Waals surface area contributed by atoms with Gasteiger partial charge in [0, 0.05) is 13.1 Å². The summed E-state index contributed by atoms with van der Waals surface area (Å²) >= 11 is 0. The largest absolute Gasteiger partial charge is 0.405 e. The fourth-order valence-electron chi connectivity index (χ4n) is 2.24. The van der Waals surface area contributed by atoms with Crippen LogP contribution in [0.5, 0.6) is 0 Å². The smallest absolute Gasteiger partial charge is 0.317 e. The minimum absolute atomic E-state index is 0.208. The van der Waals surface area contributed by atoms with Crippen LogP contribution in [-0.4, -0.2) is 43.8 Å². The average Bonchev–Trinajstić information content (AvgIpc) is 2.34. The molecule has 1 aliphatic rings. The molecular formula is C12H20F3N3. The Balaban J connectivity index is 2.47. The average molecular weight is 263 g/mol. The molecule has 0 radical (unpaired) electrons. The van der Waals surface area contributed by atoms with E-state index in [1.807, 2.05) is 6.92 Å². The molecule has 1 unspecified atom stereocenters. The third-order valence-corrected chi connectivity index (χ3v) is 3.41. The van der Waals surface area contributed by atoms with Crippen molar-refractivity contribution in [1.29, 1.82) is 5.26 Å². The minimum Gasteiger partial charge on any atom is -0.317 e. The molecule has 1 heterocycles. The summed E-state index contributed by atoms with van der Waals surface area (Å²) in [5.41, 5.74) is 0. The van der Waals surface area contributed by atoms with E-state index in [1.54, 1.807) is 4.90 Å². The highest BCUT2D eigenvalue weighted by Gasteiger charge is 2.40. The Kier molecular flexibility index (Phi) is 5.89. The standard InChI is InChI=1S/C12H20F3N3/c1-2-18(8-10-3-5-17-6-4-10)9-11(7-16)12(13,14)15/h10-11,17H,2-6,8-9H2,1H3. The summed E-state index contributed by atoms with van der Waals surface area (Å²) in [5.74, 6) is -1.43. The zero-order valence-electron chi connectivity index (χ0n) is 10.6. The zero-order valence-corrected chi connectivity index (χ0v) is 10.6. The predicted octanol–water partition coefficient (Wildman–Crippen LogP) is 2.01. The van der Waals surface area contributed by atoms with Gasteiger partial charge in [-0.15, -0.1) is 0 Å². The molecule has 1 atom stereocenters. The van der Waals surface area contributed by atoms with E-state index < -0.39 is 12.1 Å². The summed E-state index contributed by atoms with van der Waals surface area (Å²) in [6, 6.07) is 1.37. The third-order valence-electron chi connectivity index (χ3n) is 3.41. The summed E-state index contributed by atoms with van der Waals surface area (Å²) in [5, 5.41) is 11.8.